The molecule has 2 N–H and O–H groups in total. The Morgan fingerprint density at radius 3 is 2.54 bits per heavy atom. The standard InChI is InChI=1S/C27H41NO6S/c1-15-9-8-10-27(7)22(34-27)12-20(16(2)11-19-14-35-18(4)28-19)33-23(30)13-21(29)26(5,6)25(32)17(3)24(15)31/h11,14-15,17,20-22,24,29,31H,8-10,12-13H2,1-7H3/t15-,17-,20-,21+,22-,24-,27+/m0/s1. The average molecular weight is 508 g/mol. The number of hydrogen-bond acceptors (Lipinski definition) is 8. The van der Waals surface area contributed by atoms with Crippen molar-refractivity contribution in [1.82, 2.24) is 4.98 Å². The van der Waals surface area contributed by atoms with Crippen LogP contribution in [0.15, 0.2) is 11.0 Å². The van der Waals surface area contributed by atoms with Gasteiger partial charge in [-0.3, -0.25) is 9.59 Å². The highest BCUT2D eigenvalue weighted by Crippen LogP contribution is 2.45. The van der Waals surface area contributed by atoms with Crippen LogP contribution in [0.5, 0.6) is 0 Å². The molecule has 3 heterocycles. The molecule has 7 atom stereocenters. The highest BCUT2D eigenvalue weighted by atomic mass is 32.1. The Kier molecular flexibility index (Phi) is 8.62. The molecule has 35 heavy (non-hydrogen) atoms. The number of Topliss-reactive ketones (excluding diaryl/α,β-unsaturated/α-hetero) is 1. The molecule has 2 aliphatic rings. The van der Waals surface area contributed by atoms with E-state index in [4.69, 9.17) is 9.47 Å². The van der Waals surface area contributed by atoms with Crippen LogP contribution >= 0.6 is 11.3 Å². The number of ether oxygens (including phenoxy) is 2. The second kappa shape index (κ2) is 10.8. The number of aliphatic hydroxyl groups is 2. The maximum atomic E-state index is 13.2. The fourth-order valence-electron chi connectivity index (χ4n) is 5.07. The van der Waals surface area contributed by atoms with Crippen molar-refractivity contribution >= 4 is 29.2 Å². The molecule has 196 valence electrons. The van der Waals surface area contributed by atoms with Crippen molar-refractivity contribution in [2.24, 2.45) is 17.3 Å². The van der Waals surface area contributed by atoms with Gasteiger partial charge in [-0.15, -0.1) is 11.3 Å². The van der Waals surface area contributed by atoms with Crippen molar-refractivity contribution in [2.45, 2.75) is 111 Å². The Balaban J connectivity index is 1.85. The van der Waals surface area contributed by atoms with Crippen LogP contribution in [-0.4, -0.2) is 57.0 Å². The number of aliphatic hydroxyl groups excluding tert-OH is 2. The Morgan fingerprint density at radius 1 is 1.23 bits per heavy atom. The van der Waals surface area contributed by atoms with E-state index >= 15 is 0 Å². The first-order chi connectivity index (χ1) is 16.2. The van der Waals surface area contributed by atoms with Crippen molar-refractivity contribution in [1.29, 1.82) is 0 Å². The van der Waals surface area contributed by atoms with Crippen LogP contribution in [-0.2, 0) is 19.1 Å². The number of carbonyl (C=O) groups is 2. The van der Waals surface area contributed by atoms with Crippen molar-refractivity contribution in [3.63, 3.8) is 0 Å². The number of cyclic esters (lactones) is 1. The lowest BCUT2D eigenvalue weighted by atomic mass is 9.73. The van der Waals surface area contributed by atoms with Gasteiger partial charge in [-0.1, -0.05) is 34.1 Å². The smallest absolute Gasteiger partial charge is 0.309 e. The number of ketones is 1. The number of hydrogen-bond donors (Lipinski definition) is 2. The Labute approximate surface area is 212 Å². The van der Waals surface area contributed by atoms with Gasteiger partial charge in [0.05, 0.1) is 46.5 Å². The SMILES string of the molecule is CC(=Cc1csc(C)n1)[C@@H]1C[C@@H]2O[C@]2(C)CCC[C@H](C)[C@H](O)[C@H](C)C(=O)C(C)(C)[C@H](O)CC(=O)O1. The molecule has 0 aromatic carbocycles. The zero-order valence-corrected chi connectivity index (χ0v) is 22.9. The highest BCUT2D eigenvalue weighted by molar-refractivity contribution is 7.09. The second-order valence-corrected chi connectivity index (χ2v) is 12.3. The molecule has 0 radical (unpaired) electrons. The van der Waals surface area contributed by atoms with Crippen LogP contribution in [0.2, 0.25) is 0 Å². The lowest BCUT2D eigenvalue weighted by molar-refractivity contribution is -0.154. The summed E-state index contributed by atoms with van der Waals surface area (Å²) >= 11 is 1.56. The number of carbonyl (C=O) groups excluding carboxylic acids is 2. The van der Waals surface area contributed by atoms with Crippen molar-refractivity contribution in [2.75, 3.05) is 0 Å². The van der Waals surface area contributed by atoms with E-state index in [9.17, 15) is 19.8 Å². The molecule has 0 aliphatic carbocycles. The molecule has 7 nitrogen and oxygen atoms in total. The molecular formula is C27H41NO6S. The van der Waals surface area contributed by atoms with E-state index in [0.29, 0.717) is 6.42 Å². The number of aromatic nitrogens is 1. The summed E-state index contributed by atoms with van der Waals surface area (Å²) in [4.78, 5) is 30.6. The summed E-state index contributed by atoms with van der Waals surface area (Å²) in [6.07, 6.45) is 1.98. The Hall–Kier alpha value is -1.61. The van der Waals surface area contributed by atoms with E-state index in [1.54, 1.807) is 32.1 Å². The minimum absolute atomic E-state index is 0.0455. The van der Waals surface area contributed by atoms with Gasteiger partial charge in [0.15, 0.2) is 0 Å². The fraction of sp³-hybridized carbons (Fsp3) is 0.741. The van der Waals surface area contributed by atoms with Crippen LogP contribution in [0, 0.1) is 24.2 Å². The Bertz CT molecular complexity index is 955. The van der Waals surface area contributed by atoms with Crippen LogP contribution < -0.4 is 0 Å². The molecule has 1 aromatic rings. The third-order valence-corrected chi connectivity index (χ3v) is 8.72. The zero-order valence-electron chi connectivity index (χ0n) is 22.0. The fourth-order valence-corrected chi connectivity index (χ4v) is 5.64. The molecule has 2 fully saturated rings. The summed E-state index contributed by atoms with van der Waals surface area (Å²) in [5.41, 5.74) is 0.179. The zero-order chi connectivity index (χ0) is 26.1. The second-order valence-electron chi connectivity index (χ2n) is 11.3. The number of thiazole rings is 1. The van der Waals surface area contributed by atoms with E-state index < -0.39 is 35.6 Å². The minimum atomic E-state index is -1.23. The summed E-state index contributed by atoms with van der Waals surface area (Å²) in [6, 6.07) is 0. The number of aryl methyl sites for hydroxylation is 1. The average Bonchev–Trinajstić information content (AvgIpc) is 3.22. The van der Waals surface area contributed by atoms with Gasteiger partial charge in [0.25, 0.3) is 0 Å². The number of rotatable bonds is 2. The molecule has 3 rings (SSSR count). The predicted octanol–water partition coefficient (Wildman–Crippen LogP) is 4.48. The summed E-state index contributed by atoms with van der Waals surface area (Å²) in [5.74, 6) is -1.55. The first-order valence-electron chi connectivity index (χ1n) is 12.6. The summed E-state index contributed by atoms with van der Waals surface area (Å²) in [5, 5.41) is 24.6. The lowest BCUT2D eigenvalue weighted by Gasteiger charge is -2.34. The van der Waals surface area contributed by atoms with Gasteiger partial charge < -0.3 is 19.7 Å². The van der Waals surface area contributed by atoms with Gasteiger partial charge in [-0.25, -0.2) is 4.98 Å². The van der Waals surface area contributed by atoms with Gasteiger partial charge in [0, 0.05) is 17.7 Å². The first-order valence-corrected chi connectivity index (χ1v) is 13.5. The third-order valence-electron chi connectivity index (χ3n) is 7.93. The number of esters is 1. The van der Waals surface area contributed by atoms with Crippen LogP contribution in [0.25, 0.3) is 6.08 Å². The highest BCUT2D eigenvalue weighted by Gasteiger charge is 2.53. The number of fused-ring (bicyclic) bond motifs is 1. The molecular weight excluding hydrogens is 466 g/mol. The van der Waals surface area contributed by atoms with Gasteiger partial charge in [-0.2, -0.15) is 0 Å². The minimum Gasteiger partial charge on any atom is -0.458 e. The van der Waals surface area contributed by atoms with Crippen molar-refractivity contribution in [3.05, 3.63) is 21.7 Å². The summed E-state index contributed by atoms with van der Waals surface area (Å²) in [7, 11) is 0. The molecule has 1 aromatic heterocycles. The van der Waals surface area contributed by atoms with E-state index in [1.165, 1.54) is 0 Å². The molecule has 0 saturated carbocycles. The maximum absolute atomic E-state index is 13.2. The van der Waals surface area contributed by atoms with Gasteiger partial charge >= 0.3 is 5.97 Å². The van der Waals surface area contributed by atoms with Crippen molar-refractivity contribution in [3.8, 4) is 0 Å². The molecule has 0 unspecified atom stereocenters. The molecule has 0 spiro atoms. The van der Waals surface area contributed by atoms with Crippen LogP contribution in [0.3, 0.4) is 0 Å². The van der Waals surface area contributed by atoms with Crippen LogP contribution in [0.1, 0.15) is 84.3 Å². The van der Waals surface area contributed by atoms with E-state index in [2.05, 4.69) is 11.9 Å². The molecule has 2 saturated heterocycles. The molecule has 2 aliphatic heterocycles. The van der Waals surface area contributed by atoms with Crippen LogP contribution in [0.4, 0.5) is 0 Å². The quantitative estimate of drug-likeness (QED) is 0.449. The summed E-state index contributed by atoms with van der Waals surface area (Å²) in [6.45, 7) is 12.8. The lowest BCUT2D eigenvalue weighted by Crippen LogP contribution is -2.45. The number of epoxide rings is 1. The summed E-state index contributed by atoms with van der Waals surface area (Å²) < 4.78 is 11.9. The Morgan fingerprint density at radius 2 is 1.91 bits per heavy atom. The molecule has 0 bridgehead atoms. The van der Waals surface area contributed by atoms with Gasteiger partial charge in [-0.05, 0) is 51.2 Å². The topological polar surface area (TPSA) is 109 Å². The largest absolute Gasteiger partial charge is 0.458 e. The van der Waals surface area contributed by atoms with E-state index in [-0.39, 0.29) is 29.8 Å². The predicted molar refractivity (Wildman–Crippen MR) is 136 cm³/mol. The van der Waals surface area contributed by atoms with Crippen molar-refractivity contribution < 1.29 is 29.3 Å². The first kappa shape index (κ1) is 28.0. The number of nitrogens with zero attached hydrogens (tertiary/aromatic N) is 1. The molecule has 0 amide bonds. The monoisotopic (exact) mass is 507 g/mol. The normalized spacial score (nSPS) is 37.5. The molecule has 8 heteroatoms. The third kappa shape index (κ3) is 6.59. The van der Waals surface area contributed by atoms with Gasteiger partial charge in [0.2, 0.25) is 0 Å². The van der Waals surface area contributed by atoms with Gasteiger partial charge in [0.1, 0.15) is 11.9 Å². The van der Waals surface area contributed by atoms with E-state index in [1.807, 2.05) is 32.2 Å². The maximum Gasteiger partial charge on any atom is 0.309 e. The van der Waals surface area contributed by atoms with E-state index in [0.717, 1.165) is 35.5 Å².